The van der Waals surface area contributed by atoms with Gasteiger partial charge in [0.1, 0.15) is 11.6 Å². The van der Waals surface area contributed by atoms with Crippen molar-refractivity contribution in [1.82, 2.24) is 20.2 Å². The highest BCUT2D eigenvalue weighted by Gasteiger charge is 2.06. The minimum Gasteiger partial charge on any atom is -0.495 e. The molecule has 130 valence electrons. The van der Waals surface area contributed by atoms with Crippen molar-refractivity contribution in [2.75, 3.05) is 17.7 Å². The first-order chi connectivity index (χ1) is 12.7. The summed E-state index contributed by atoms with van der Waals surface area (Å²) in [5.41, 5.74) is 3.68. The van der Waals surface area contributed by atoms with Crippen LogP contribution >= 0.6 is 0 Å². The van der Waals surface area contributed by atoms with Crippen molar-refractivity contribution < 1.29 is 4.74 Å². The Hall–Kier alpha value is -3.61. The SMILES string of the molecule is COc1ccccc1Nc1nccc(Nc2ccc3c(C)[nH]nc3c2)n1. The first-order valence-corrected chi connectivity index (χ1v) is 8.18. The number of methoxy groups -OCH3 is 1. The molecular formula is C19H18N6O. The normalized spacial score (nSPS) is 10.7. The molecule has 7 heteroatoms. The van der Waals surface area contributed by atoms with E-state index in [-0.39, 0.29) is 0 Å². The van der Waals surface area contributed by atoms with Crippen LogP contribution in [0.1, 0.15) is 5.69 Å². The lowest BCUT2D eigenvalue weighted by molar-refractivity contribution is 0.417. The molecule has 2 heterocycles. The van der Waals surface area contributed by atoms with Gasteiger partial charge in [-0.2, -0.15) is 10.1 Å². The maximum Gasteiger partial charge on any atom is 0.229 e. The summed E-state index contributed by atoms with van der Waals surface area (Å²) in [6.45, 7) is 2.00. The van der Waals surface area contributed by atoms with Gasteiger partial charge in [-0.25, -0.2) is 4.98 Å². The Morgan fingerprint density at radius 1 is 1.04 bits per heavy atom. The highest BCUT2D eigenvalue weighted by Crippen LogP contribution is 2.26. The molecule has 0 atom stereocenters. The number of aromatic amines is 1. The lowest BCUT2D eigenvalue weighted by Crippen LogP contribution is -2.01. The number of ether oxygens (including phenoxy) is 1. The fourth-order valence-corrected chi connectivity index (χ4v) is 2.73. The summed E-state index contributed by atoms with van der Waals surface area (Å²) < 4.78 is 5.34. The lowest BCUT2D eigenvalue weighted by atomic mass is 10.2. The third-order valence-electron chi connectivity index (χ3n) is 4.03. The van der Waals surface area contributed by atoms with E-state index in [2.05, 4.69) is 30.8 Å². The van der Waals surface area contributed by atoms with E-state index in [4.69, 9.17) is 4.74 Å². The second-order valence-electron chi connectivity index (χ2n) is 5.80. The number of hydrogen-bond acceptors (Lipinski definition) is 6. The molecule has 0 amide bonds. The van der Waals surface area contributed by atoms with E-state index >= 15 is 0 Å². The van der Waals surface area contributed by atoms with Crippen LogP contribution in [0.2, 0.25) is 0 Å². The van der Waals surface area contributed by atoms with Crippen LogP contribution in [0, 0.1) is 6.92 Å². The van der Waals surface area contributed by atoms with Crippen molar-refractivity contribution in [3.05, 3.63) is 60.4 Å². The predicted molar refractivity (Wildman–Crippen MR) is 102 cm³/mol. The van der Waals surface area contributed by atoms with Crippen molar-refractivity contribution in [3.63, 3.8) is 0 Å². The molecule has 2 aromatic heterocycles. The van der Waals surface area contributed by atoms with Gasteiger partial charge in [0.05, 0.1) is 18.3 Å². The Morgan fingerprint density at radius 3 is 2.81 bits per heavy atom. The van der Waals surface area contributed by atoms with E-state index in [1.807, 2.05) is 55.5 Å². The molecule has 4 rings (SSSR count). The molecule has 7 nitrogen and oxygen atoms in total. The van der Waals surface area contributed by atoms with Crippen LogP contribution < -0.4 is 15.4 Å². The van der Waals surface area contributed by atoms with Crippen molar-refractivity contribution in [3.8, 4) is 5.75 Å². The zero-order valence-corrected chi connectivity index (χ0v) is 14.4. The molecular weight excluding hydrogens is 328 g/mol. The van der Waals surface area contributed by atoms with Crippen LogP contribution in [-0.4, -0.2) is 27.3 Å². The van der Waals surface area contributed by atoms with E-state index in [1.54, 1.807) is 13.3 Å². The Labute approximate surface area is 150 Å². The summed E-state index contributed by atoms with van der Waals surface area (Å²) in [6, 6.07) is 15.5. The largest absolute Gasteiger partial charge is 0.495 e. The molecule has 2 aromatic carbocycles. The topological polar surface area (TPSA) is 87.8 Å². The zero-order chi connectivity index (χ0) is 17.9. The molecule has 0 saturated carbocycles. The van der Waals surface area contributed by atoms with E-state index < -0.39 is 0 Å². The number of rotatable bonds is 5. The van der Waals surface area contributed by atoms with Gasteiger partial charge in [0.25, 0.3) is 0 Å². The molecule has 26 heavy (non-hydrogen) atoms. The van der Waals surface area contributed by atoms with Gasteiger partial charge in [-0.3, -0.25) is 5.10 Å². The van der Waals surface area contributed by atoms with Gasteiger partial charge in [-0.15, -0.1) is 0 Å². The molecule has 0 aliphatic rings. The molecule has 4 aromatic rings. The number of aromatic nitrogens is 4. The molecule has 0 aliphatic heterocycles. The molecule has 0 spiro atoms. The minimum absolute atomic E-state index is 0.483. The van der Waals surface area contributed by atoms with E-state index in [0.29, 0.717) is 11.8 Å². The average molecular weight is 346 g/mol. The quantitative estimate of drug-likeness (QED) is 0.503. The third kappa shape index (κ3) is 3.14. The summed E-state index contributed by atoms with van der Waals surface area (Å²) in [6.07, 6.45) is 1.70. The molecule has 0 saturated heterocycles. The number of para-hydroxylation sites is 2. The van der Waals surface area contributed by atoms with Gasteiger partial charge < -0.3 is 15.4 Å². The molecule has 3 N–H and O–H groups in total. The van der Waals surface area contributed by atoms with Gasteiger partial charge in [-0.1, -0.05) is 12.1 Å². The van der Waals surface area contributed by atoms with Crippen LogP contribution in [0.5, 0.6) is 5.75 Å². The van der Waals surface area contributed by atoms with Gasteiger partial charge in [-0.05, 0) is 43.3 Å². The van der Waals surface area contributed by atoms with Crippen molar-refractivity contribution in [1.29, 1.82) is 0 Å². The van der Waals surface area contributed by atoms with Crippen LogP contribution in [-0.2, 0) is 0 Å². The summed E-state index contributed by atoms with van der Waals surface area (Å²) in [5, 5.41) is 14.8. The predicted octanol–water partition coefficient (Wildman–Crippen LogP) is 4.16. The summed E-state index contributed by atoms with van der Waals surface area (Å²) in [7, 11) is 1.63. The maximum absolute atomic E-state index is 5.34. The van der Waals surface area contributed by atoms with Crippen molar-refractivity contribution in [2.24, 2.45) is 0 Å². The Bertz CT molecular complexity index is 1060. The zero-order valence-electron chi connectivity index (χ0n) is 14.4. The van der Waals surface area contributed by atoms with E-state index in [1.165, 1.54) is 0 Å². The van der Waals surface area contributed by atoms with Crippen LogP contribution in [0.25, 0.3) is 10.9 Å². The Morgan fingerprint density at radius 2 is 1.92 bits per heavy atom. The second kappa shape index (κ2) is 6.72. The lowest BCUT2D eigenvalue weighted by Gasteiger charge is -2.11. The van der Waals surface area contributed by atoms with Crippen LogP contribution in [0.3, 0.4) is 0 Å². The fraction of sp³-hybridized carbons (Fsp3) is 0.105. The van der Waals surface area contributed by atoms with Crippen LogP contribution in [0.4, 0.5) is 23.1 Å². The van der Waals surface area contributed by atoms with Gasteiger partial charge >= 0.3 is 0 Å². The fourth-order valence-electron chi connectivity index (χ4n) is 2.73. The highest BCUT2D eigenvalue weighted by molar-refractivity contribution is 5.85. The molecule has 0 fully saturated rings. The highest BCUT2D eigenvalue weighted by atomic mass is 16.5. The monoisotopic (exact) mass is 346 g/mol. The number of nitrogens with zero attached hydrogens (tertiary/aromatic N) is 3. The number of nitrogens with one attached hydrogen (secondary N) is 3. The van der Waals surface area contributed by atoms with E-state index in [9.17, 15) is 0 Å². The van der Waals surface area contributed by atoms with Gasteiger partial charge in [0, 0.05) is 23.0 Å². The number of H-pyrrole nitrogens is 1. The number of fused-ring (bicyclic) bond motifs is 1. The van der Waals surface area contributed by atoms with Crippen LogP contribution in [0.15, 0.2) is 54.7 Å². The van der Waals surface area contributed by atoms with Gasteiger partial charge in [0.15, 0.2) is 0 Å². The number of hydrogen-bond donors (Lipinski definition) is 3. The average Bonchev–Trinajstić information content (AvgIpc) is 3.03. The standard InChI is InChI=1S/C19H18N6O/c1-12-14-8-7-13(11-16(14)25-24-12)21-18-9-10-20-19(23-18)22-15-5-3-4-6-17(15)26-2/h3-11H,1-2H3,(H,24,25)(H2,20,21,22,23). The Kier molecular flexibility index (Phi) is 4.10. The van der Waals surface area contributed by atoms with Gasteiger partial charge in [0.2, 0.25) is 5.95 Å². The summed E-state index contributed by atoms with van der Waals surface area (Å²) >= 11 is 0. The number of anilines is 4. The summed E-state index contributed by atoms with van der Waals surface area (Å²) in [5.74, 6) is 1.90. The maximum atomic E-state index is 5.34. The molecule has 0 radical (unpaired) electrons. The van der Waals surface area contributed by atoms with E-state index in [0.717, 1.165) is 33.7 Å². The first-order valence-electron chi connectivity index (χ1n) is 8.18. The Balaban J connectivity index is 1.56. The van der Waals surface area contributed by atoms with Crippen molar-refractivity contribution >= 4 is 34.0 Å². The number of benzene rings is 2. The second-order valence-corrected chi connectivity index (χ2v) is 5.80. The smallest absolute Gasteiger partial charge is 0.229 e. The molecule has 0 aliphatic carbocycles. The first kappa shape index (κ1) is 15.9. The molecule has 0 unspecified atom stereocenters. The van der Waals surface area contributed by atoms with Crippen molar-refractivity contribution in [2.45, 2.75) is 6.92 Å². The third-order valence-corrected chi connectivity index (χ3v) is 4.03. The number of aryl methyl sites for hydroxylation is 1. The summed E-state index contributed by atoms with van der Waals surface area (Å²) in [4.78, 5) is 8.78. The molecule has 0 bridgehead atoms. The minimum atomic E-state index is 0.483.